The van der Waals surface area contributed by atoms with E-state index in [1.807, 2.05) is 25.1 Å². The van der Waals surface area contributed by atoms with Crippen LogP contribution in [0.25, 0.3) is 0 Å². The lowest BCUT2D eigenvalue weighted by molar-refractivity contribution is -0.117. The van der Waals surface area contributed by atoms with Gasteiger partial charge in [0, 0.05) is 15.7 Å². The van der Waals surface area contributed by atoms with Gasteiger partial charge in [0.05, 0.1) is 18.1 Å². The van der Waals surface area contributed by atoms with Gasteiger partial charge in [0.15, 0.2) is 0 Å². The number of halogens is 2. The van der Waals surface area contributed by atoms with Crippen molar-refractivity contribution >= 4 is 52.5 Å². The van der Waals surface area contributed by atoms with Gasteiger partial charge in [0.2, 0.25) is 5.91 Å². The standard InChI is InChI=1S/C25H19Cl2N3O3S/c1-15-4-7-18(8-5-15)30-24(32)22(12-16-11-17(26)6-9-21(16)27)34-25(30)20(13-28)23(31)29-14-19-3-2-10-33-19/h2-11,22H,12,14H2,1H3,(H,29,31)/b25-20-/t22-/m1/s1. The zero-order chi connectivity index (χ0) is 24.2. The number of carbonyl (C=O) groups excluding carboxylic acids is 2. The van der Waals surface area contributed by atoms with Gasteiger partial charge in [-0.3, -0.25) is 14.5 Å². The van der Waals surface area contributed by atoms with Crippen LogP contribution in [0.2, 0.25) is 10.0 Å². The third-order valence-corrected chi connectivity index (χ3v) is 7.08. The Balaban J connectivity index is 1.70. The molecule has 2 amide bonds. The summed E-state index contributed by atoms with van der Waals surface area (Å²) in [6.45, 7) is 2.06. The molecule has 0 aliphatic carbocycles. The first-order chi connectivity index (χ1) is 16.4. The number of nitrogens with one attached hydrogen (secondary N) is 1. The second kappa shape index (κ2) is 10.4. The highest BCUT2D eigenvalue weighted by atomic mass is 35.5. The first kappa shape index (κ1) is 24.0. The minimum absolute atomic E-state index is 0.120. The number of aryl methyl sites for hydroxylation is 1. The molecule has 1 N–H and O–H groups in total. The molecule has 172 valence electrons. The van der Waals surface area contributed by atoms with E-state index in [2.05, 4.69) is 5.32 Å². The van der Waals surface area contributed by atoms with E-state index in [4.69, 9.17) is 27.6 Å². The van der Waals surface area contributed by atoms with E-state index in [9.17, 15) is 14.9 Å². The number of benzene rings is 2. The number of furan rings is 1. The van der Waals surface area contributed by atoms with Crippen molar-refractivity contribution in [1.82, 2.24) is 5.32 Å². The van der Waals surface area contributed by atoms with Crippen molar-refractivity contribution in [3.05, 3.63) is 98.4 Å². The molecule has 6 nitrogen and oxygen atoms in total. The normalized spacial score (nSPS) is 16.9. The average molecular weight is 512 g/mol. The fourth-order valence-electron chi connectivity index (χ4n) is 3.48. The van der Waals surface area contributed by atoms with Crippen molar-refractivity contribution in [1.29, 1.82) is 5.26 Å². The predicted octanol–water partition coefficient (Wildman–Crippen LogP) is 5.64. The highest BCUT2D eigenvalue weighted by molar-refractivity contribution is 8.05. The van der Waals surface area contributed by atoms with Gasteiger partial charge in [0.1, 0.15) is 22.4 Å². The van der Waals surface area contributed by atoms with Crippen molar-refractivity contribution in [3.8, 4) is 6.07 Å². The second-order valence-corrected chi connectivity index (χ2v) is 9.64. The molecule has 0 spiro atoms. The molecule has 0 bridgehead atoms. The van der Waals surface area contributed by atoms with E-state index < -0.39 is 11.2 Å². The van der Waals surface area contributed by atoms with Crippen LogP contribution in [0.3, 0.4) is 0 Å². The Bertz CT molecular complexity index is 1300. The van der Waals surface area contributed by atoms with Crippen LogP contribution in [0.1, 0.15) is 16.9 Å². The van der Waals surface area contributed by atoms with Crippen LogP contribution in [0.5, 0.6) is 0 Å². The maximum atomic E-state index is 13.5. The summed E-state index contributed by atoms with van der Waals surface area (Å²) in [5, 5.41) is 13.3. The zero-order valence-electron chi connectivity index (χ0n) is 18.0. The molecule has 1 atom stereocenters. The third kappa shape index (κ3) is 5.15. The summed E-state index contributed by atoms with van der Waals surface area (Å²) in [5.41, 5.74) is 2.16. The minimum Gasteiger partial charge on any atom is -0.467 e. The summed E-state index contributed by atoms with van der Waals surface area (Å²) in [6.07, 6.45) is 1.79. The van der Waals surface area contributed by atoms with Crippen LogP contribution in [0.15, 0.2) is 75.9 Å². The molecule has 0 saturated carbocycles. The first-order valence-corrected chi connectivity index (χ1v) is 12.0. The number of amides is 2. The van der Waals surface area contributed by atoms with E-state index in [-0.39, 0.29) is 23.1 Å². The number of nitrogens with zero attached hydrogens (tertiary/aromatic N) is 2. The molecular weight excluding hydrogens is 493 g/mol. The Hall–Kier alpha value is -3.18. The molecule has 1 aliphatic heterocycles. The molecule has 1 aromatic heterocycles. The highest BCUT2D eigenvalue weighted by Crippen LogP contribution is 2.42. The fourth-order valence-corrected chi connectivity index (χ4v) is 5.17. The quantitative estimate of drug-likeness (QED) is 0.342. The Morgan fingerprint density at radius 3 is 2.65 bits per heavy atom. The van der Waals surface area contributed by atoms with Gasteiger partial charge in [-0.05, 0) is 61.4 Å². The fraction of sp³-hybridized carbons (Fsp3) is 0.160. The van der Waals surface area contributed by atoms with Crippen molar-refractivity contribution in [2.45, 2.75) is 25.1 Å². The van der Waals surface area contributed by atoms with Gasteiger partial charge >= 0.3 is 0 Å². The van der Waals surface area contributed by atoms with Gasteiger partial charge < -0.3 is 9.73 Å². The Morgan fingerprint density at radius 2 is 1.97 bits per heavy atom. The van der Waals surface area contributed by atoms with Crippen LogP contribution < -0.4 is 10.2 Å². The molecule has 1 saturated heterocycles. The van der Waals surface area contributed by atoms with Crippen LogP contribution in [0, 0.1) is 18.3 Å². The van der Waals surface area contributed by atoms with Crippen LogP contribution in [-0.2, 0) is 22.6 Å². The molecule has 3 aromatic rings. The van der Waals surface area contributed by atoms with Gasteiger partial charge in [-0.1, -0.05) is 52.7 Å². The third-order valence-electron chi connectivity index (χ3n) is 5.21. The smallest absolute Gasteiger partial charge is 0.265 e. The number of hydrogen-bond donors (Lipinski definition) is 1. The van der Waals surface area contributed by atoms with Crippen molar-refractivity contribution in [2.24, 2.45) is 0 Å². The van der Waals surface area contributed by atoms with Gasteiger partial charge in [-0.15, -0.1) is 0 Å². The van der Waals surface area contributed by atoms with E-state index >= 15 is 0 Å². The Labute approximate surface area is 211 Å². The molecule has 0 radical (unpaired) electrons. The summed E-state index contributed by atoms with van der Waals surface area (Å²) < 4.78 is 5.24. The van der Waals surface area contributed by atoms with Crippen molar-refractivity contribution in [3.63, 3.8) is 0 Å². The van der Waals surface area contributed by atoms with Crippen LogP contribution >= 0.6 is 35.0 Å². The monoisotopic (exact) mass is 511 g/mol. The lowest BCUT2D eigenvalue weighted by Gasteiger charge is -2.19. The van der Waals surface area contributed by atoms with E-state index in [1.165, 1.54) is 22.9 Å². The van der Waals surface area contributed by atoms with Gasteiger partial charge in [-0.2, -0.15) is 5.26 Å². The zero-order valence-corrected chi connectivity index (χ0v) is 20.4. The number of hydrogen-bond acceptors (Lipinski definition) is 5. The average Bonchev–Trinajstić information content (AvgIpc) is 3.45. The summed E-state index contributed by atoms with van der Waals surface area (Å²) in [4.78, 5) is 27.9. The summed E-state index contributed by atoms with van der Waals surface area (Å²) in [6, 6.07) is 17.8. The molecule has 9 heteroatoms. The lowest BCUT2D eigenvalue weighted by Crippen LogP contribution is -2.32. The van der Waals surface area contributed by atoms with Crippen LogP contribution in [0.4, 0.5) is 5.69 Å². The number of thioether (sulfide) groups is 1. The summed E-state index contributed by atoms with van der Waals surface area (Å²) in [5.74, 6) is -0.283. The number of nitriles is 1. The molecule has 2 aromatic carbocycles. The maximum Gasteiger partial charge on any atom is 0.265 e. The summed E-state index contributed by atoms with van der Waals surface area (Å²) >= 11 is 13.6. The Morgan fingerprint density at radius 1 is 1.21 bits per heavy atom. The molecule has 1 aliphatic rings. The largest absolute Gasteiger partial charge is 0.467 e. The predicted molar refractivity (Wildman–Crippen MR) is 133 cm³/mol. The highest BCUT2D eigenvalue weighted by Gasteiger charge is 2.41. The minimum atomic E-state index is -0.590. The van der Waals surface area contributed by atoms with Crippen LogP contribution in [-0.4, -0.2) is 17.1 Å². The van der Waals surface area contributed by atoms with E-state index in [0.29, 0.717) is 33.5 Å². The topological polar surface area (TPSA) is 86.3 Å². The SMILES string of the molecule is Cc1ccc(N2C(=O)[C@@H](Cc3cc(Cl)ccc3Cl)S/C2=C(/C#N)C(=O)NCc2ccco2)cc1. The molecular formula is C25H19Cl2N3O3S. The van der Waals surface area contributed by atoms with E-state index in [0.717, 1.165) is 5.56 Å². The molecule has 4 rings (SSSR count). The molecule has 0 unspecified atom stereocenters. The van der Waals surface area contributed by atoms with E-state index in [1.54, 1.807) is 42.5 Å². The van der Waals surface area contributed by atoms with Crippen molar-refractivity contribution < 1.29 is 14.0 Å². The molecule has 34 heavy (non-hydrogen) atoms. The lowest BCUT2D eigenvalue weighted by atomic mass is 10.1. The molecule has 1 fully saturated rings. The maximum absolute atomic E-state index is 13.5. The van der Waals surface area contributed by atoms with Gasteiger partial charge in [-0.25, -0.2) is 0 Å². The summed E-state index contributed by atoms with van der Waals surface area (Å²) in [7, 11) is 0. The van der Waals surface area contributed by atoms with Crippen molar-refractivity contribution in [2.75, 3.05) is 4.90 Å². The number of rotatable bonds is 6. The van der Waals surface area contributed by atoms with Gasteiger partial charge in [0.25, 0.3) is 5.91 Å². The molecule has 2 heterocycles. The first-order valence-electron chi connectivity index (χ1n) is 10.3. The Kier molecular flexibility index (Phi) is 7.32. The second-order valence-electron chi connectivity index (χ2n) is 7.61. The number of carbonyl (C=O) groups is 2. The number of anilines is 1.